The Morgan fingerprint density at radius 2 is 2.44 bits per heavy atom. The molecule has 5 nitrogen and oxygen atoms in total. The van der Waals surface area contributed by atoms with E-state index in [4.69, 9.17) is 9.84 Å². The van der Waals surface area contributed by atoms with E-state index in [0.717, 1.165) is 12.8 Å². The van der Waals surface area contributed by atoms with Crippen LogP contribution in [0.3, 0.4) is 0 Å². The quantitative estimate of drug-likeness (QED) is 0.792. The monoisotopic (exact) mass is 252 g/mol. The minimum atomic E-state index is -0.354. The van der Waals surface area contributed by atoms with Crippen LogP contribution in [0.5, 0.6) is 0 Å². The molecule has 0 bridgehead atoms. The first-order chi connectivity index (χ1) is 8.76. The number of aliphatic hydroxyl groups is 1. The normalized spacial score (nSPS) is 17.2. The van der Waals surface area contributed by atoms with Crippen molar-refractivity contribution in [1.82, 2.24) is 9.88 Å². The Balaban J connectivity index is 2.01. The van der Waals surface area contributed by atoms with E-state index < -0.39 is 0 Å². The van der Waals surface area contributed by atoms with E-state index in [1.807, 2.05) is 22.9 Å². The van der Waals surface area contributed by atoms with Gasteiger partial charge >= 0.3 is 0 Å². The zero-order valence-electron chi connectivity index (χ0n) is 10.6. The van der Waals surface area contributed by atoms with Crippen LogP contribution < -0.4 is 5.32 Å². The zero-order valence-corrected chi connectivity index (χ0v) is 10.6. The highest BCUT2D eigenvalue weighted by atomic mass is 16.5. The maximum Gasteiger partial charge on any atom is 0.268 e. The van der Waals surface area contributed by atoms with Crippen LogP contribution in [0.2, 0.25) is 0 Å². The Bertz CT molecular complexity index is 399. The summed E-state index contributed by atoms with van der Waals surface area (Å²) in [7, 11) is 1.55. The van der Waals surface area contributed by atoms with Crippen molar-refractivity contribution in [3.63, 3.8) is 0 Å². The predicted molar refractivity (Wildman–Crippen MR) is 67.5 cm³/mol. The molecule has 1 amide bonds. The Kier molecular flexibility index (Phi) is 4.38. The molecule has 2 N–H and O–H groups in total. The van der Waals surface area contributed by atoms with E-state index in [2.05, 4.69) is 5.32 Å². The number of hydrogen-bond donors (Lipinski definition) is 2. The van der Waals surface area contributed by atoms with E-state index in [-0.39, 0.29) is 18.6 Å². The molecule has 1 aliphatic carbocycles. The number of nitrogens with zero attached hydrogens (tertiary/aromatic N) is 1. The number of amides is 1. The van der Waals surface area contributed by atoms with Crippen LogP contribution >= 0.6 is 0 Å². The number of aliphatic hydroxyl groups excluding tert-OH is 1. The van der Waals surface area contributed by atoms with Gasteiger partial charge in [0.05, 0.1) is 19.3 Å². The van der Waals surface area contributed by atoms with Crippen molar-refractivity contribution in [2.24, 2.45) is 0 Å². The Morgan fingerprint density at radius 3 is 3.00 bits per heavy atom. The van der Waals surface area contributed by atoms with Gasteiger partial charge in [-0.15, -0.1) is 0 Å². The van der Waals surface area contributed by atoms with E-state index in [0.29, 0.717) is 18.3 Å². The van der Waals surface area contributed by atoms with Gasteiger partial charge in [0.25, 0.3) is 5.91 Å². The number of methoxy groups -OCH3 is 1. The molecule has 1 saturated carbocycles. The molecule has 1 aliphatic rings. The lowest BCUT2D eigenvalue weighted by molar-refractivity contribution is 0.0826. The number of ether oxygens (including phenoxy) is 1. The van der Waals surface area contributed by atoms with Crippen LogP contribution in [0.4, 0.5) is 0 Å². The fourth-order valence-corrected chi connectivity index (χ4v) is 2.17. The summed E-state index contributed by atoms with van der Waals surface area (Å²) in [5.41, 5.74) is 0.661. The lowest BCUT2D eigenvalue weighted by Gasteiger charge is -2.29. The van der Waals surface area contributed by atoms with Crippen LogP contribution in [-0.2, 0) is 4.74 Å². The summed E-state index contributed by atoms with van der Waals surface area (Å²) in [5, 5.41) is 11.9. The summed E-state index contributed by atoms with van der Waals surface area (Å²) in [6.45, 7) is 0.191. The van der Waals surface area contributed by atoms with Crippen LogP contribution in [0.15, 0.2) is 18.3 Å². The van der Waals surface area contributed by atoms with E-state index >= 15 is 0 Å². The van der Waals surface area contributed by atoms with Crippen molar-refractivity contribution in [2.45, 2.75) is 31.3 Å². The molecule has 1 fully saturated rings. The molecule has 1 atom stereocenters. The lowest BCUT2D eigenvalue weighted by Crippen LogP contribution is -2.41. The maximum absolute atomic E-state index is 12.1. The number of aromatic nitrogens is 1. The summed E-state index contributed by atoms with van der Waals surface area (Å²) in [4.78, 5) is 12.1. The summed E-state index contributed by atoms with van der Waals surface area (Å²) < 4.78 is 6.97. The van der Waals surface area contributed by atoms with Gasteiger partial charge in [0.1, 0.15) is 5.69 Å². The average Bonchev–Trinajstić information content (AvgIpc) is 2.75. The second kappa shape index (κ2) is 6.02. The molecule has 5 heteroatoms. The highest BCUT2D eigenvalue weighted by molar-refractivity contribution is 5.93. The SMILES string of the molecule is COCC(CO)NC(=O)c1cccn1C1CCC1. The molecule has 0 radical (unpaired) electrons. The predicted octanol–water partition coefficient (Wildman–Crippen LogP) is 0.950. The minimum absolute atomic E-state index is 0.121. The van der Waals surface area contributed by atoms with Crippen LogP contribution in [-0.4, -0.2) is 41.9 Å². The first-order valence-electron chi connectivity index (χ1n) is 6.33. The largest absolute Gasteiger partial charge is 0.394 e. The van der Waals surface area contributed by atoms with Gasteiger partial charge in [-0.25, -0.2) is 0 Å². The smallest absolute Gasteiger partial charge is 0.268 e. The number of nitrogens with one attached hydrogen (secondary N) is 1. The van der Waals surface area contributed by atoms with E-state index in [1.54, 1.807) is 7.11 Å². The van der Waals surface area contributed by atoms with Gasteiger partial charge in [-0.3, -0.25) is 4.79 Å². The fourth-order valence-electron chi connectivity index (χ4n) is 2.17. The summed E-state index contributed by atoms with van der Waals surface area (Å²) >= 11 is 0. The van der Waals surface area contributed by atoms with Crippen molar-refractivity contribution >= 4 is 5.91 Å². The first-order valence-corrected chi connectivity index (χ1v) is 6.33. The third kappa shape index (κ3) is 2.73. The van der Waals surface area contributed by atoms with Crippen LogP contribution in [0.25, 0.3) is 0 Å². The Hall–Kier alpha value is -1.33. The zero-order chi connectivity index (χ0) is 13.0. The highest BCUT2D eigenvalue weighted by Crippen LogP contribution is 2.32. The summed E-state index contributed by atoms with van der Waals surface area (Å²) in [5.74, 6) is -0.150. The van der Waals surface area contributed by atoms with Crippen molar-refractivity contribution < 1.29 is 14.6 Å². The Labute approximate surface area is 107 Å². The Morgan fingerprint density at radius 1 is 1.67 bits per heavy atom. The van der Waals surface area contributed by atoms with Crippen LogP contribution in [0, 0.1) is 0 Å². The second-order valence-electron chi connectivity index (χ2n) is 4.69. The van der Waals surface area contributed by atoms with Gasteiger partial charge in [-0.2, -0.15) is 0 Å². The summed E-state index contributed by atoms with van der Waals surface area (Å²) in [6.07, 6.45) is 5.45. The van der Waals surface area contributed by atoms with Gasteiger partial charge in [-0.1, -0.05) is 0 Å². The van der Waals surface area contributed by atoms with E-state index in [9.17, 15) is 4.79 Å². The minimum Gasteiger partial charge on any atom is -0.394 e. The lowest BCUT2D eigenvalue weighted by atomic mass is 9.93. The molecule has 2 rings (SSSR count). The molecular formula is C13H20N2O3. The van der Waals surface area contributed by atoms with Crippen LogP contribution in [0.1, 0.15) is 35.8 Å². The highest BCUT2D eigenvalue weighted by Gasteiger charge is 2.24. The number of carbonyl (C=O) groups excluding carboxylic acids is 1. The molecule has 1 aromatic heterocycles. The van der Waals surface area contributed by atoms with Gasteiger partial charge < -0.3 is 19.7 Å². The van der Waals surface area contributed by atoms with Crippen molar-refractivity contribution in [2.75, 3.05) is 20.3 Å². The molecular weight excluding hydrogens is 232 g/mol. The average molecular weight is 252 g/mol. The van der Waals surface area contributed by atoms with Gasteiger partial charge in [0.15, 0.2) is 0 Å². The molecule has 18 heavy (non-hydrogen) atoms. The van der Waals surface area contributed by atoms with Gasteiger partial charge in [-0.05, 0) is 31.4 Å². The van der Waals surface area contributed by atoms with Gasteiger partial charge in [0.2, 0.25) is 0 Å². The molecule has 0 aromatic carbocycles. The van der Waals surface area contributed by atoms with Crippen molar-refractivity contribution in [1.29, 1.82) is 0 Å². The van der Waals surface area contributed by atoms with Crippen molar-refractivity contribution in [3.8, 4) is 0 Å². The summed E-state index contributed by atoms with van der Waals surface area (Å²) in [6, 6.07) is 3.80. The van der Waals surface area contributed by atoms with Crippen molar-refractivity contribution in [3.05, 3.63) is 24.0 Å². The molecule has 1 aromatic rings. The molecule has 0 spiro atoms. The standard InChI is InChI=1S/C13H20N2O3/c1-18-9-10(8-16)14-13(17)12-6-3-7-15(12)11-4-2-5-11/h3,6-7,10-11,16H,2,4-5,8-9H2,1H3,(H,14,17). The first kappa shape index (κ1) is 13.1. The molecule has 1 unspecified atom stereocenters. The molecule has 1 heterocycles. The number of hydrogen-bond acceptors (Lipinski definition) is 3. The fraction of sp³-hybridized carbons (Fsp3) is 0.615. The third-order valence-electron chi connectivity index (χ3n) is 3.40. The molecule has 0 saturated heterocycles. The number of carbonyl (C=O) groups is 1. The number of rotatable bonds is 6. The van der Waals surface area contributed by atoms with E-state index in [1.165, 1.54) is 6.42 Å². The second-order valence-corrected chi connectivity index (χ2v) is 4.69. The van der Waals surface area contributed by atoms with Gasteiger partial charge in [0, 0.05) is 19.3 Å². The third-order valence-corrected chi connectivity index (χ3v) is 3.40. The molecule has 0 aliphatic heterocycles. The topological polar surface area (TPSA) is 63.5 Å². The maximum atomic E-state index is 12.1. The molecule has 100 valence electrons.